The summed E-state index contributed by atoms with van der Waals surface area (Å²) in [5, 5.41) is 18.6. The maximum Gasteiger partial charge on any atom is 0.306 e. The number of carbonyl (C=O) groups is 2. The highest BCUT2D eigenvalue weighted by Gasteiger charge is 2.22. The summed E-state index contributed by atoms with van der Waals surface area (Å²) in [7, 11) is 0. The van der Waals surface area contributed by atoms with Gasteiger partial charge in [0.25, 0.3) is 0 Å². The molecule has 0 radical (unpaired) electrons. The average molecular weight is 314 g/mol. The first-order valence-corrected chi connectivity index (χ1v) is 8.98. The molecule has 2 unspecified atom stereocenters. The standard InChI is InChI=1S/C18H34O4/c1-3-5-7-9-11-15(17(19)20)13-14-16(18(21)22)12-10-8-6-4-2/h15-16H,3-14H2,1-2H3,(H,19,20)(H,21,22). The quantitative estimate of drug-likeness (QED) is 0.412. The summed E-state index contributed by atoms with van der Waals surface area (Å²) in [4.78, 5) is 22.6. The molecule has 0 aromatic rings. The monoisotopic (exact) mass is 314 g/mol. The van der Waals surface area contributed by atoms with E-state index in [-0.39, 0.29) is 11.8 Å². The topological polar surface area (TPSA) is 74.6 Å². The maximum atomic E-state index is 11.3. The fourth-order valence-corrected chi connectivity index (χ4v) is 2.82. The molecule has 0 aliphatic carbocycles. The number of unbranched alkanes of at least 4 members (excludes halogenated alkanes) is 6. The molecular weight excluding hydrogens is 280 g/mol. The van der Waals surface area contributed by atoms with Crippen molar-refractivity contribution in [1.29, 1.82) is 0 Å². The second kappa shape index (κ2) is 13.6. The smallest absolute Gasteiger partial charge is 0.306 e. The van der Waals surface area contributed by atoms with Crippen molar-refractivity contribution in [3.05, 3.63) is 0 Å². The van der Waals surface area contributed by atoms with Gasteiger partial charge in [-0.05, 0) is 25.7 Å². The van der Waals surface area contributed by atoms with Crippen molar-refractivity contribution < 1.29 is 19.8 Å². The predicted octanol–water partition coefficient (Wildman–Crippen LogP) is 5.11. The Bertz CT molecular complexity index is 271. The summed E-state index contributed by atoms with van der Waals surface area (Å²) in [6.07, 6.45) is 10.9. The van der Waals surface area contributed by atoms with Crippen LogP contribution in [0.2, 0.25) is 0 Å². The Kier molecular flexibility index (Phi) is 12.9. The third-order valence-electron chi connectivity index (χ3n) is 4.37. The van der Waals surface area contributed by atoms with Gasteiger partial charge in [-0.15, -0.1) is 0 Å². The highest BCUT2D eigenvalue weighted by Crippen LogP contribution is 2.23. The number of carboxylic acid groups (broad SMARTS) is 2. The molecule has 0 heterocycles. The third kappa shape index (κ3) is 10.6. The van der Waals surface area contributed by atoms with E-state index in [2.05, 4.69) is 13.8 Å². The predicted molar refractivity (Wildman–Crippen MR) is 89.0 cm³/mol. The summed E-state index contributed by atoms with van der Waals surface area (Å²) in [6.45, 7) is 4.26. The van der Waals surface area contributed by atoms with Crippen molar-refractivity contribution in [2.75, 3.05) is 0 Å². The van der Waals surface area contributed by atoms with Gasteiger partial charge in [0.05, 0.1) is 11.8 Å². The molecule has 0 rings (SSSR count). The molecule has 0 amide bonds. The number of rotatable bonds is 15. The van der Waals surface area contributed by atoms with Gasteiger partial charge in [-0.25, -0.2) is 0 Å². The van der Waals surface area contributed by atoms with Gasteiger partial charge in [0.2, 0.25) is 0 Å². The molecular formula is C18H34O4. The summed E-state index contributed by atoms with van der Waals surface area (Å²) in [5.74, 6) is -2.30. The zero-order valence-electron chi connectivity index (χ0n) is 14.4. The molecule has 0 aliphatic heterocycles. The van der Waals surface area contributed by atoms with E-state index in [9.17, 15) is 19.8 Å². The minimum atomic E-state index is -0.772. The van der Waals surface area contributed by atoms with E-state index in [4.69, 9.17) is 0 Å². The van der Waals surface area contributed by atoms with E-state index in [1.54, 1.807) is 0 Å². The first-order chi connectivity index (χ1) is 10.5. The number of hydrogen-bond acceptors (Lipinski definition) is 2. The highest BCUT2D eigenvalue weighted by molar-refractivity contribution is 5.71. The van der Waals surface area contributed by atoms with E-state index in [1.807, 2.05) is 0 Å². The molecule has 2 N–H and O–H groups in total. The van der Waals surface area contributed by atoms with Gasteiger partial charge in [-0.3, -0.25) is 9.59 Å². The highest BCUT2D eigenvalue weighted by atomic mass is 16.4. The van der Waals surface area contributed by atoms with Crippen LogP contribution in [0.25, 0.3) is 0 Å². The van der Waals surface area contributed by atoms with Crippen molar-refractivity contribution in [3.63, 3.8) is 0 Å². The minimum absolute atomic E-state index is 0.380. The van der Waals surface area contributed by atoms with Crippen molar-refractivity contribution in [2.45, 2.75) is 90.9 Å². The molecule has 2 atom stereocenters. The zero-order valence-corrected chi connectivity index (χ0v) is 14.4. The Morgan fingerprint density at radius 3 is 1.27 bits per heavy atom. The van der Waals surface area contributed by atoms with Crippen molar-refractivity contribution in [3.8, 4) is 0 Å². The fourth-order valence-electron chi connectivity index (χ4n) is 2.82. The van der Waals surface area contributed by atoms with Crippen LogP contribution in [-0.4, -0.2) is 22.2 Å². The molecule has 0 aromatic heterocycles. The molecule has 0 aromatic carbocycles. The Labute approximate surface area is 135 Å². The van der Waals surface area contributed by atoms with E-state index in [1.165, 1.54) is 0 Å². The lowest BCUT2D eigenvalue weighted by Crippen LogP contribution is -2.19. The number of aliphatic carboxylic acids is 2. The van der Waals surface area contributed by atoms with Crippen LogP contribution in [0.1, 0.15) is 90.9 Å². The van der Waals surface area contributed by atoms with Gasteiger partial charge in [0.1, 0.15) is 0 Å². The second-order valence-electron chi connectivity index (χ2n) is 6.35. The molecule has 0 saturated carbocycles. The van der Waals surface area contributed by atoms with Crippen molar-refractivity contribution >= 4 is 11.9 Å². The van der Waals surface area contributed by atoms with Crippen LogP contribution >= 0.6 is 0 Å². The molecule has 0 saturated heterocycles. The lowest BCUT2D eigenvalue weighted by Gasteiger charge is -2.16. The van der Waals surface area contributed by atoms with Gasteiger partial charge >= 0.3 is 11.9 Å². The maximum absolute atomic E-state index is 11.3. The van der Waals surface area contributed by atoms with Crippen LogP contribution in [0, 0.1) is 11.8 Å². The molecule has 4 nitrogen and oxygen atoms in total. The average Bonchev–Trinajstić information content (AvgIpc) is 2.47. The van der Waals surface area contributed by atoms with Crippen molar-refractivity contribution in [1.82, 2.24) is 0 Å². The normalized spacial score (nSPS) is 13.7. The Hall–Kier alpha value is -1.06. The molecule has 130 valence electrons. The Morgan fingerprint density at radius 1 is 0.636 bits per heavy atom. The van der Waals surface area contributed by atoms with Crippen molar-refractivity contribution in [2.24, 2.45) is 11.8 Å². The summed E-state index contributed by atoms with van der Waals surface area (Å²) in [5.41, 5.74) is 0. The van der Waals surface area contributed by atoms with E-state index >= 15 is 0 Å². The van der Waals surface area contributed by atoms with Gasteiger partial charge in [-0.2, -0.15) is 0 Å². The van der Waals surface area contributed by atoms with Crippen LogP contribution in [-0.2, 0) is 9.59 Å². The van der Waals surface area contributed by atoms with E-state index in [0.29, 0.717) is 25.7 Å². The van der Waals surface area contributed by atoms with E-state index < -0.39 is 11.9 Å². The Balaban J connectivity index is 4.15. The summed E-state index contributed by atoms with van der Waals surface area (Å²) in [6, 6.07) is 0. The van der Waals surface area contributed by atoms with Gasteiger partial charge < -0.3 is 10.2 Å². The summed E-state index contributed by atoms with van der Waals surface area (Å²) < 4.78 is 0. The molecule has 0 fully saturated rings. The van der Waals surface area contributed by atoms with E-state index in [0.717, 1.165) is 51.4 Å². The van der Waals surface area contributed by atoms with Crippen LogP contribution in [0.15, 0.2) is 0 Å². The van der Waals surface area contributed by atoms with Crippen LogP contribution in [0.3, 0.4) is 0 Å². The summed E-state index contributed by atoms with van der Waals surface area (Å²) >= 11 is 0. The fraction of sp³-hybridized carbons (Fsp3) is 0.889. The minimum Gasteiger partial charge on any atom is -0.481 e. The zero-order chi connectivity index (χ0) is 16.8. The van der Waals surface area contributed by atoms with Gasteiger partial charge in [0.15, 0.2) is 0 Å². The lowest BCUT2D eigenvalue weighted by molar-refractivity contribution is -0.145. The lowest BCUT2D eigenvalue weighted by atomic mass is 9.89. The molecule has 4 heteroatoms. The number of carboxylic acids is 2. The molecule has 22 heavy (non-hydrogen) atoms. The van der Waals surface area contributed by atoms with Crippen LogP contribution < -0.4 is 0 Å². The molecule has 0 spiro atoms. The molecule has 0 aliphatic rings. The second-order valence-corrected chi connectivity index (χ2v) is 6.35. The first-order valence-electron chi connectivity index (χ1n) is 8.98. The van der Waals surface area contributed by atoms with Crippen LogP contribution in [0.5, 0.6) is 0 Å². The third-order valence-corrected chi connectivity index (χ3v) is 4.37. The Morgan fingerprint density at radius 2 is 1.00 bits per heavy atom. The van der Waals surface area contributed by atoms with Gasteiger partial charge in [-0.1, -0.05) is 65.2 Å². The first kappa shape index (κ1) is 20.9. The number of hydrogen-bond donors (Lipinski definition) is 2. The van der Waals surface area contributed by atoms with Crippen LogP contribution in [0.4, 0.5) is 0 Å². The van der Waals surface area contributed by atoms with Gasteiger partial charge in [0, 0.05) is 0 Å². The largest absolute Gasteiger partial charge is 0.481 e. The molecule has 0 bridgehead atoms. The SMILES string of the molecule is CCCCCCC(CCC(CCCCCC)C(=O)O)C(=O)O.